The molecule has 0 aliphatic heterocycles. The van der Waals surface area contributed by atoms with Gasteiger partial charge < -0.3 is 5.73 Å². The molecule has 1 rings (SSSR count). The topological polar surface area (TPSA) is 38.0 Å². The van der Waals surface area contributed by atoms with Crippen molar-refractivity contribution in [3.63, 3.8) is 0 Å². The second-order valence-corrected chi connectivity index (χ2v) is 3.97. The van der Waals surface area contributed by atoms with Gasteiger partial charge in [-0.25, -0.2) is 0 Å². The van der Waals surface area contributed by atoms with Gasteiger partial charge in [0.1, 0.15) is 0 Å². The van der Waals surface area contributed by atoms with Gasteiger partial charge in [-0.2, -0.15) is 0 Å². The van der Waals surface area contributed by atoms with E-state index in [0.29, 0.717) is 13.1 Å². The molecule has 0 amide bonds. The minimum Gasteiger partial charge on any atom is -0.329 e. The smallest absolute Gasteiger partial charge is 0.0581 e. The Kier molecular flexibility index (Phi) is 5.41. The number of nitrogens with two attached hydrogens (primary N) is 1. The summed E-state index contributed by atoms with van der Waals surface area (Å²) in [4.78, 5) is 0. The van der Waals surface area contributed by atoms with Crippen LogP contribution in [-0.4, -0.2) is 13.1 Å². The average molecular weight is 267 g/mol. The Hall–Kier alpha value is -0.820. The number of halogens is 1. The van der Waals surface area contributed by atoms with Crippen LogP contribution in [0.4, 0.5) is 0 Å². The summed E-state index contributed by atoms with van der Waals surface area (Å²) in [5.74, 6) is 5.82. The quantitative estimate of drug-likeness (QED) is 0.819. The summed E-state index contributed by atoms with van der Waals surface area (Å²) in [6.45, 7) is 3.06. The van der Waals surface area contributed by atoms with E-state index >= 15 is 0 Å². The predicted octanol–water partition coefficient (Wildman–Crippen LogP) is 2.06. The van der Waals surface area contributed by atoms with Crippen molar-refractivity contribution in [1.82, 2.24) is 5.32 Å². The lowest BCUT2D eigenvalue weighted by Crippen LogP contribution is -2.28. The van der Waals surface area contributed by atoms with Gasteiger partial charge in [-0.05, 0) is 18.6 Å². The number of hydrogen-bond acceptors (Lipinski definition) is 2. The highest BCUT2D eigenvalue weighted by Crippen LogP contribution is 2.22. The fraction of sp³-hybridized carbons (Fsp3) is 0.333. The van der Waals surface area contributed by atoms with Gasteiger partial charge in [0.15, 0.2) is 0 Å². The van der Waals surface area contributed by atoms with E-state index in [-0.39, 0.29) is 6.04 Å². The third kappa shape index (κ3) is 3.67. The van der Waals surface area contributed by atoms with Crippen molar-refractivity contribution >= 4 is 15.9 Å². The second kappa shape index (κ2) is 6.62. The predicted molar refractivity (Wildman–Crippen MR) is 67.4 cm³/mol. The largest absolute Gasteiger partial charge is 0.329 e. The minimum atomic E-state index is 0.154. The van der Waals surface area contributed by atoms with Gasteiger partial charge in [0.25, 0.3) is 0 Å². The Balaban J connectivity index is 2.72. The zero-order valence-electron chi connectivity index (χ0n) is 8.76. The highest BCUT2D eigenvalue weighted by molar-refractivity contribution is 9.10. The van der Waals surface area contributed by atoms with E-state index in [0.717, 1.165) is 4.47 Å². The van der Waals surface area contributed by atoms with Gasteiger partial charge in [0.2, 0.25) is 0 Å². The molecule has 0 aromatic heterocycles. The van der Waals surface area contributed by atoms with Crippen LogP contribution in [0.2, 0.25) is 0 Å². The number of benzene rings is 1. The lowest BCUT2D eigenvalue weighted by Gasteiger charge is -2.17. The molecule has 0 bridgehead atoms. The van der Waals surface area contributed by atoms with Crippen molar-refractivity contribution in [1.29, 1.82) is 0 Å². The van der Waals surface area contributed by atoms with Gasteiger partial charge in [-0.3, -0.25) is 5.32 Å². The molecule has 1 unspecified atom stereocenters. The van der Waals surface area contributed by atoms with Gasteiger partial charge in [-0.15, -0.1) is 5.92 Å². The number of nitrogens with one attached hydrogen (secondary N) is 1. The zero-order valence-corrected chi connectivity index (χ0v) is 10.3. The molecule has 1 atom stereocenters. The van der Waals surface area contributed by atoms with Crippen molar-refractivity contribution in [2.24, 2.45) is 5.73 Å². The number of rotatable bonds is 4. The molecule has 0 saturated heterocycles. The molecule has 0 fully saturated rings. The fourth-order valence-electron chi connectivity index (χ4n) is 1.34. The SMILES string of the molecule is CC#CCNC(CN)c1ccccc1Br. The summed E-state index contributed by atoms with van der Waals surface area (Å²) < 4.78 is 1.08. The average Bonchev–Trinajstić information content (AvgIpc) is 2.26. The summed E-state index contributed by atoms with van der Waals surface area (Å²) >= 11 is 3.52. The van der Waals surface area contributed by atoms with Crippen molar-refractivity contribution in [3.05, 3.63) is 34.3 Å². The monoisotopic (exact) mass is 266 g/mol. The Bertz CT molecular complexity index is 365. The zero-order chi connectivity index (χ0) is 11.1. The summed E-state index contributed by atoms with van der Waals surface area (Å²) in [6.07, 6.45) is 0. The molecule has 1 aromatic carbocycles. The first-order valence-electron chi connectivity index (χ1n) is 4.87. The van der Waals surface area contributed by atoms with E-state index in [4.69, 9.17) is 5.73 Å². The molecule has 1 aromatic rings. The van der Waals surface area contributed by atoms with Crippen LogP contribution in [0, 0.1) is 11.8 Å². The van der Waals surface area contributed by atoms with Crippen LogP contribution < -0.4 is 11.1 Å². The van der Waals surface area contributed by atoms with E-state index in [1.807, 2.05) is 25.1 Å². The summed E-state index contributed by atoms with van der Waals surface area (Å²) in [5.41, 5.74) is 6.90. The maximum atomic E-state index is 5.72. The second-order valence-electron chi connectivity index (χ2n) is 3.12. The van der Waals surface area contributed by atoms with E-state index in [9.17, 15) is 0 Å². The first-order valence-corrected chi connectivity index (χ1v) is 5.66. The molecule has 2 nitrogen and oxygen atoms in total. The fourth-order valence-corrected chi connectivity index (χ4v) is 1.90. The van der Waals surface area contributed by atoms with E-state index in [1.54, 1.807) is 0 Å². The lowest BCUT2D eigenvalue weighted by molar-refractivity contribution is 0.580. The Labute approximate surface area is 99.4 Å². The van der Waals surface area contributed by atoms with Gasteiger partial charge in [0, 0.05) is 17.1 Å². The van der Waals surface area contributed by atoms with E-state index in [1.165, 1.54) is 5.56 Å². The molecular weight excluding hydrogens is 252 g/mol. The van der Waals surface area contributed by atoms with Crippen LogP contribution in [0.25, 0.3) is 0 Å². The molecular formula is C12H15BrN2. The van der Waals surface area contributed by atoms with Crippen LogP contribution in [0.5, 0.6) is 0 Å². The van der Waals surface area contributed by atoms with Crippen LogP contribution in [0.1, 0.15) is 18.5 Å². The highest BCUT2D eigenvalue weighted by Gasteiger charge is 2.10. The molecule has 0 aliphatic carbocycles. The van der Waals surface area contributed by atoms with Gasteiger partial charge >= 0.3 is 0 Å². The van der Waals surface area contributed by atoms with Crippen LogP contribution in [0.15, 0.2) is 28.7 Å². The summed E-state index contributed by atoms with van der Waals surface area (Å²) in [7, 11) is 0. The molecule has 15 heavy (non-hydrogen) atoms. The van der Waals surface area contributed by atoms with E-state index < -0.39 is 0 Å². The first-order chi connectivity index (χ1) is 7.29. The standard InChI is InChI=1S/C12H15BrN2/c1-2-3-8-15-12(9-14)10-6-4-5-7-11(10)13/h4-7,12,15H,8-9,14H2,1H3. The Morgan fingerprint density at radius 2 is 2.20 bits per heavy atom. The van der Waals surface area contributed by atoms with Gasteiger partial charge in [0.05, 0.1) is 6.54 Å². The normalized spacial score (nSPS) is 11.7. The summed E-state index contributed by atoms with van der Waals surface area (Å²) in [5, 5.41) is 3.30. The van der Waals surface area contributed by atoms with Crippen LogP contribution in [-0.2, 0) is 0 Å². The molecule has 0 aliphatic rings. The maximum absolute atomic E-state index is 5.72. The molecule has 3 heteroatoms. The van der Waals surface area contributed by atoms with Crippen molar-refractivity contribution in [2.75, 3.05) is 13.1 Å². The molecule has 0 spiro atoms. The summed E-state index contributed by atoms with van der Waals surface area (Å²) in [6, 6.07) is 8.24. The van der Waals surface area contributed by atoms with Crippen molar-refractivity contribution < 1.29 is 0 Å². The highest BCUT2D eigenvalue weighted by atomic mass is 79.9. The molecule has 0 heterocycles. The van der Waals surface area contributed by atoms with Crippen LogP contribution >= 0.6 is 15.9 Å². The first kappa shape index (κ1) is 12.3. The number of hydrogen-bond donors (Lipinski definition) is 2. The third-order valence-electron chi connectivity index (χ3n) is 2.13. The van der Waals surface area contributed by atoms with Crippen molar-refractivity contribution in [3.8, 4) is 11.8 Å². The third-order valence-corrected chi connectivity index (χ3v) is 2.85. The molecule has 0 radical (unpaired) electrons. The Morgan fingerprint density at radius 3 is 2.80 bits per heavy atom. The molecule has 3 N–H and O–H groups in total. The lowest BCUT2D eigenvalue weighted by atomic mass is 10.1. The molecule has 0 saturated carbocycles. The maximum Gasteiger partial charge on any atom is 0.0581 e. The molecule has 80 valence electrons. The minimum absolute atomic E-state index is 0.154. The van der Waals surface area contributed by atoms with Gasteiger partial charge in [-0.1, -0.05) is 40.0 Å². The van der Waals surface area contributed by atoms with Crippen molar-refractivity contribution in [2.45, 2.75) is 13.0 Å². The van der Waals surface area contributed by atoms with E-state index in [2.05, 4.69) is 39.2 Å². The van der Waals surface area contributed by atoms with Crippen LogP contribution in [0.3, 0.4) is 0 Å². The Morgan fingerprint density at radius 1 is 1.47 bits per heavy atom.